The van der Waals surface area contributed by atoms with E-state index in [1.165, 1.54) is 14.0 Å². The Morgan fingerprint density at radius 3 is 2.33 bits per heavy atom. The number of aldehydes is 1. The van der Waals surface area contributed by atoms with Crippen LogP contribution in [0.2, 0.25) is 0 Å². The molecule has 0 aromatic heterocycles. The van der Waals surface area contributed by atoms with E-state index < -0.39 is 0 Å². The van der Waals surface area contributed by atoms with Crippen molar-refractivity contribution in [1.82, 2.24) is 5.32 Å². The van der Waals surface area contributed by atoms with Gasteiger partial charge in [0, 0.05) is 11.6 Å². The summed E-state index contributed by atoms with van der Waals surface area (Å²) >= 11 is 5.96. The van der Waals surface area contributed by atoms with Crippen LogP contribution in [0.25, 0.3) is 0 Å². The lowest BCUT2D eigenvalue weighted by Crippen LogP contribution is -2.33. The van der Waals surface area contributed by atoms with E-state index in [1.807, 2.05) is 6.92 Å². The molecule has 0 heterocycles. The van der Waals surface area contributed by atoms with Crippen LogP contribution in [0.1, 0.15) is 40.5 Å². The first-order chi connectivity index (χ1) is 9.87. The topological polar surface area (TPSA) is 55.4 Å². The van der Waals surface area contributed by atoms with Crippen molar-refractivity contribution >= 4 is 23.8 Å². The van der Waals surface area contributed by atoms with Crippen molar-refractivity contribution < 1.29 is 14.3 Å². The molecule has 0 aliphatic rings. The summed E-state index contributed by atoms with van der Waals surface area (Å²) in [7, 11) is 1.48. The number of carbonyl (C=O) groups excluding carboxylic acids is 2. The number of amides is 1. The molecule has 120 valence electrons. The second kappa shape index (κ2) is 13.4. The number of nitrogens with one attached hydrogen (secondary N) is 1. The largest absolute Gasteiger partial charge is 0.496 e. The first-order valence-corrected chi connectivity index (χ1v) is 7.22. The lowest BCUT2D eigenvalue weighted by atomic mass is 10.1. The predicted octanol–water partition coefficient (Wildman–Crippen LogP) is 3.73. The van der Waals surface area contributed by atoms with Gasteiger partial charge >= 0.3 is 0 Å². The maximum atomic E-state index is 12.0. The van der Waals surface area contributed by atoms with Crippen LogP contribution in [0.4, 0.5) is 0 Å². The Morgan fingerprint density at radius 2 is 1.95 bits per heavy atom. The third-order valence-electron chi connectivity index (χ3n) is 2.47. The van der Waals surface area contributed by atoms with Crippen LogP contribution in [0.15, 0.2) is 35.1 Å². The zero-order valence-electron chi connectivity index (χ0n) is 13.5. The van der Waals surface area contributed by atoms with E-state index in [4.69, 9.17) is 21.1 Å². The molecule has 21 heavy (non-hydrogen) atoms. The maximum absolute atomic E-state index is 12.0. The molecule has 0 aromatic carbocycles. The molecule has 4 nitrogen and oxygen atoms in total. The number of hydrogen-bond acceptors (Lipinski definition) is 3. The van der Waals surface area contributed by atoms with Crippen LogP contribution in [0.5, 0.6) is 0 Å². The lowest BCUT2D eigenvalue weighted by molar-refractivity contribution is -0.117. The van der Waals surface area contributed by atoms with Gasteiger partial charge in [0.05, 0.1) is 12.1 Å². The normalized spacial score (nSPS) is 12.7. The number of allylic oxidation sites excluding steroid dienone is 2. The Morgan fingerprint density at radius 1 is 1.43 bits per heavy atom. The molecule has 0 bridgehead atoms. The molecule has 0 saturated carbocycles. The molecule has 1 amide bonds. The highest BCUT2D eigenvalue weighted by Crippen LogP contribution is 2.16. The summed E-state index contributed by atoms with van der Waals surface area (Å²) in [5.74, 6) is 0.200. The summed E-state index contributed by atoms with van der Waals surface area (Å²) in [4.78, 5) is 20.8. The summed E-state index contributed by atoms with van der Waals surface area (Å²) in [6, 6.07) is 0.148. The standard InChI is InChI=1S/C14H22ClNO2.C2H4O/c1-6-8-10(3)16-14(17)12(7-2)9-13(15)11(4)18-5;1-2-3/h7,9-10H,4,6,8H2,1-3,5H3,(H,16,17);2H,1H3/b12-7+,13-9+;. The third kappa shape index (κ3) is 10.9. The van der Waals surface area contributed by atoms with E-state index >= 15 is 0 Å². The molecular weight excluding hydrogens is 290 g/mol. The van der Waals surface area contributed by atoms with Crippen molar-refractivity contribution in [2.75, 3.05) is 7.11 Å². The predicted molar refractivity (Wildman–Crippen MR) is 88.1 cm³/mol. The number of rotatable bonds is 7. The fraction of sp³-hybridized carbons (Fsp3) is 0.500. The van der Waals surface area contributed by atoms with E-state index in [0.717, 1.165) is 19.1 Å². The Bertz CT molecular complexity index is 400. The smallest absolute Gasteiger partial charge is 0.251 e. The quantitative estimate of drug-likeness (QED) is 0.337. The van der Waals surface area contributed by atoms with Gasteiger partial charge in [-0.2, -0.15) is 0 Å². The first-order valence-electron chi connectivity index (χ1n) is 6.85. The first kappa shape index (κ1) is 21.7. The molecule has 0 aliphatic carbocycles. The fourth-order valence-electron chi connectivity index (χ4n) is 1.41. The molecular formula is C16H26ClNO3. The molecule has 0 radical (unpaired) electrons. The van der Waals surface area contributed by atoms with Crippen molar-refractivity contribution in [3.8, 4) is 0 Å². The minimum atomic E-state index is -0.138. The summed E-state index contributed by atoms with van der Waals surface area (Å²) in [5.41, 5.74) is 0.501. The SMILES string of the molecule is C=C(OC)/C(Cl)=C\C(=C/C)C(=O)NC(C)CCC.CC=O. The van der Waals surface area contributed by atoms with Crippen LogP contribution < -0.4 is 5.32 Å². The van der Waals surface area contributed by atoms with E-state index in [0.29, 0.717) is 16.4 Å². The third-order valence-corrected chi connectivity index (χ3v) is 2.79. The summed E-state index contributed by atoms with van der Waals surface area (Å²) in [5, 5.41) is 3.24. The van der Waals surface area contributed by atoms with Gasteiger partial charge in [-0.3, -0.25) is 4.79 Å². The molecule has 0 aromatic rings. The highest BCUT2D eigenvalue weighted by atomic mass is 35.5. The Labute approximate surface area is 132 Å². The molecule has 0 fully saturated rings. The molecule has 5 heteroatoms. The number of carbonyl (C=O) groups is 2. The van der Waals surface area contributed by atoms with Crippen LogP contribution in [0.3, 0.4) is 0 Å². The maximum Gasteiger partial charge on any atom is 0.251 e. The summed E-state index contributed by atoms with van der Waals surface area (Å²) in [6.07, 6.45) is 6.00. The molecule has 1 N–H and O–H groups in total. The van der Waals surface area contributed by atoms with Gasteiger partial charge in [-0.1, -0.05) is 37.6 Å². The van der Waals surface area contributed by atoms with Crippen LogP contribution in [-0.2, 0) is 14.3 Å². The zero-order chi connectivity index (χ0) is 16.8. The number of halogens is 1. The van der Waals surface area contributed by atoms with E-state index in [1.54, 1.807) is 19.1 Å². The minimum absolute atomic E-state index is 0.138. The second-order valence-corrected chi connectivity index (χ2v) is 4.67. The minimum Gasteiger partial charge on any atom is -0.496 e. The molecule has 1 atom stereocenters. The highest BCUT2D eigenvalue weighted by Gasteiger charge is 2.11. The van der Waals surface area contributed by atoms with Gasteiger partial charge in [0.1, 0.15) is 12.0 Å². The number of hydrogen-bond donors (Lipinski definition) is 1. The number of ether oxygens (including phenoxy) is 1. The van der Waals surface area contributed by atoms with Crippen LogP contribution in [-0.4, -0.2) is 25.3 Å². The molecule has 1 unspecified atom stereocenters. The van der Waals surface area contributed by atoms with Gasteiger partial charge in [0.25, 0.3) is 5.91 Å². The Kier molecular flexibility index (Phi) is 13.9. The summed E-state index contributed by atoms with van der Waals surface area (Å²) in [6.45, 7) is 10.9. The van der Waals surface area contributed by atoms with Gasteiger partial charge in [-0.25, -0.2) is 0 Å². The van der Waals surface area contributed by atoms with Gasteiger partial charge in [-0.15, -0.1) is 0 Å². The van der Waals surface area contributed by atoms with Crippen molar-refractivity contribution in [2.24, 2.45) is 0 Å². The molecule has 0 aliphatic heterocycles. The second-order valence-electron chi connectivity index (χ2n) is 4.26. The zero-order valence-corrected chi connectivity index (χ0v) is 14.3. The van der Waals surface area contributed by atoms with Gasteiger partial charge in [0.15, 0.2) is 0 Å². The van der Waals surface area contributed by atoms with Gasteiger partial charge in [0.2, 0.25) is 0 Å². The van der Waals surface area contributed by atoms with Crippen molar-refractivity contribution in [3.05, 3.63) is 35.1 Å². The van der Waals surface area contributed by atoms with Gasteiger partial charge in [-0.05, 0) is 33.3 Å². The number of methoxy groups -OCH3 is 1. The van der Waals surface area contributed by atoms with Crippen LogP contribution >= 0.6 is 11.6 Å². The Hall–Kier alpha value is -1.55. The molecule has 0 spiro atoms. The van der Waals surface area contributed by atoms with Crippen molar-refractivity contribution in [3.63, 3.8) is 0 Å². The highest BCUT2D eigenvalue weighted by molar-refractivity contribution is 6.32. The molecule has 0 rings (SSSR count). The molecule has 0 saturated heterocycles. The van der Waals surface area contributed by atoms with Crippen molar-refractivity contribution in [2.45, 2.75) is 46.6 Å². The van der Waals surface area contributed by atoms with Gasteiger partial charge < -0.3 is 14.8 Å². The monoisotopic (exact) mass is 315 g/mol. The van der Waals surface area contributed by atoms with E-state index in [-0.39, 0.29) is 11.9 Å². The van der Waals surface area contributed by atoms with Crippen LogP contribution in [0, 0.1) is 0 Å². The lowest BCUT2D eigenvalue weighted by Gasteiger charge is -2.13. The Balaban J connectivity index is 0. The summed E-state index contributed by atoms with van der Waals surface area (Å²) < 4.78 is 4.90. The fourth-order valence-corrected chi connectivity index (χ4v) is 1.60. The average molecular weight is 316 g/mol. The van der Waals surface area contributed by atoms with E-state index in [2.05, 4.69) is 18.8 Å². The van der Waals surface area contributed by atoms with Crippen molar-refractivity contribution in [1.29, 1.82) is 0 Å². The average Bonchev–Trinajstić information content (AvgIpc) is 2.44. The van der Waals surface area contributed by atoms with E-state index in [9.17, 15) is 4.79 Å².